The number of aryl methyl sites for hydroxylation is 1. The number of fused-ring (bicyclic) bond motifs is 1. The third-order valence-electron chi connectivity index (χ3n) is 3.10. The second-order valence-electron chi connectivity index (χ2n) is 4.85. The molecule has 0 N–H and O–H groups in total. The summed E-state index contributed by atoms with van der Waals surface area (Å²) in [5.41, 5.74) is 1.12. The number of hydrogen-bond donors (Lipinski definition) is 0. The Bertz CT molecular complexity index is 685. The first-order valence-electron chi connectivity index (χ1n) is 7.53. The van der Waals surface area contributed by atoms with Gasteiger partial charge in [-0.25, -0.2) is 0 Å². The minimum absolute atomic E-state index is 0.0426. The number of carbonyl (C=O) groups is 1. The Balaban J connectivity index is 2.53. The van der Waals surface area contributed by atoms with E-state index in [4.69, 9.17) is 4.74 Å². The van der Waals surface area contributed by atoms with Crippen LogP contribution in [0.4, 0.5) is 0 Å². The van der Waals surface area contributed by atoms with Gasteiger partial charge in [-0.05, 0) is 38.0 Å². The zero-order valence-corrected chi connectivity index (χ0v) is 13.7. The summed E-state index contributed by atoms with van der Waals surface area (Å²) in [5, 5.41) is 0. The van der Waals surface area contributed by atoms with Crippen molar-refractivity contribution in [3.05, 3.63) is 23.0 Å². The van der Waals surface area contributed by atoms with Crippen LogP contribution in [0, 0.1) is 0 Å². The van der Waals surface area contributed by atoms with Gasteiger partial charge in [-0.15, -0.1) is 0 Å². The average molecular weight is 306 g/mol. The van der Waals surface area contributed by atoms with Crippen LogP contribution < -0.4 is 9.54 Å². The molecular formula is C16H22N2O2S. The van der Waals surface area contributed by atoms with E-state index in [0.717, 1.165) is 40.2 Å². The Morgan fingerprint density at radius 3 is 2.76 bits per heavy atom. The zero-order valence-electron chi connectivity index (χ0n) is 12.9. The Kier molecular flexibility index (Phi) is 5.56. The van der Waals surface area contributed by atoms with Crippen LogP contribution in [0.2, 0.25) is 0 Å². The highest BCUT2D eigenvalue weighted by molar-refractivity contribution is 7.16. The van der Waals surface area contributed by atoms with Crippen molar-refractivity contribution in [3.8, 4) is 5.75 Å². The zero-order chi connectivity index (χ0) is 15.2. The van der Waals surface area contributed by atoms with Gasteiger partial charge >= 0.3 is 0 Å². The van der Waals surface area contributed by atoms with Gasteiger partial charge in [-0.3, -0.25) is 4.79 Å². The second kappa shape index (κ2) is 7.41. The molecule has 0 radical (unpaired) electrons. The van der Waals surface area contributed by atoms with Crippen LogP contribution in [0.15, 0.2) is 23.2 Å². The fourth-order valence-corrected chi connectivity index (χ4v) is 3.31. The lowest BCUT2D eigenvalue weighted by Crippen LogP contribution is -2.16. The third kappa shape index (κ3) is 3.73. The van der Waals surface area contributed by atoms with Crippen molar-refractivity contribution in [2.75, 3.05) is 6.61 Å². The Labute approximate surface area is 129 Å². The van der Waals surface area contributed by atoms with Crippen LogP contribution in [0.5, 0.6) is 5.75 Å². The van der Waals surface area contributed by atoms with E-state index in [-0.39, 0.29) is 5.91 Å². The lowest BCUT2D eigenvalue weighted by atomic mass is 10.3. The molecular weight excluding hydrogens is 284 g/mol. The molecule has 2 aromatic rings. The Hall–Kier alpha value is -1.62. The van der Waals surface area contributed by atoms with Crippen LogP contribution in [0.1, 0.15) is 40.0 Å². The number of ether oxygens (including phenoxy) is 1. The molecule has 0 atom stereocenters. The number of nitrogens with zero attached hydrogens (tertiary/aromatic N) is 2. The number of aromatic nitrogens is 1. The highest BCUT2D eigenvalue weighted by Crippen LogP contribution is 2.23. The van der Waals surface area contributed by atoms with E-state index in [2.05, 4.69) is 22.5 Å². The van der Waals surface area contributed by atoms with Crippen LogP contribution >= 0.6 is 11.3 Å². The number of rotatable bonds is 6. The van der Waals surface area contributed by atoms with E-state index in [1.54, 1.807) is 11.3 Å². The lowest BCUT2D eigenvalue weighted by Gasteiger charge is -2.04. The molecule has 0 spiro atoms. The van der Waals surface area contributed by atoms with Crippen LogP contribution in [-0.4, -0.2) is 17.1 Å². The smallest absolute Gasteiger partial charge is 0.248 e. The third-order valence-corrected chi connectivity index (χ3v) is 4.14. The number of amides is 1. The van der Waals surface area contributed by atoms with E-state index in [1.807, 2.05) is 26.0 Å². The van der Waals surface area contributed by atoms with Crippen molar-refractivity contribution in [2.45, 2.75) is 46.6 Å². The predicted octanol–water partition coefficient (Wildman–Crippen LogP) is 3.74. The molecule has 2 rings (SSSR count). The molecule has 1 aromatic heterocycles. The predicted molar refractivity (Wildman–Crippen MR) is 86.8 cm³/mol. The Morgan fingerprint density at radius 2 is 2.10 bits per heavy atom. The minimum atomic E-state index is -0.0426. The molecule has 0 aliphatic heterocycles. The van der Waals surface area contributed by atoms with Crippen molar-refractivity contribution in [1.82, 2.24) is 4.57 Å². The summed E-state index contributed by atoms with van der Waals surface area (Å²) < 4.78 is 8.78. The molecule has 0 unspecified atom stereocenters. The average Bonchev–Trinajstić information content (AvgIpc) is 2.77. The fraction of sp³-hybridized carbons (Fsp3) is 0.500. The minimum Gasteiger partial charge on any atom is -0.494 e. The summed E-state index contributed by atoms with van der Waals surface area (Å²) in [5.74, 6) is 0.820. The van der Waals surface area contributed by atoms with Gasteiger partial charge in [0.05, 0.1) is 16.8 Å². The van der Waals surface area contributed by atoms with E-state index in [9.17, 15) is 4.79 Å². The maximum absolute atomic E-state index is 11.8. The van der Waals surface area contributed by atoms with Crippen LogP contribution in [0.3, 0.4) is 0 Å². The molecule has 0 aliphatic rings. The van der Waals surface area contributed by atoms with Gasteiger partial charge in [0.2, 0.25) is 5.91 Å². The molecule has 1 heterocycles. The van der Waals surface area contributed by atoms with Crippen molar-refractivity contribution in [2.24, 2.45) is 4.99 Å². The molecule has 0 fully saturated rings. The molecule has 0 aliphatic carbocycles. The molecule has 5 heteroatoms. The topological polar surface area (TPSA) is 43.6 Å². The monoisotopic (exact) mass is 306 g/mol. The van der Waals surface area contributed by atoms with Crippen LogP contribution in [0.25, 0.3) is 10.2 Å². The summed E-state index contributed by atoms with van der Waals surface area (Å²) >= 11 is 1.55. The maximum atomic E-state index is 11.8. The van der Waals surface area contributed by atoms with Gasteiger partial charge in [-0.2, -0.15) is 4.99 Å². The quantitative estimate of drug-likeness (QED) is 0.816. The van der Waals surface area contributed by atoms with Gasteiger partial charge < -0.3 is 9.30 Å². The van der Waals surface area contributed by atoms with Crippen molar-refractivity contribution in [3.63, 3.8) is 0 Å². The van der Waals surface area contributed by atoms with Gasteiger partial charge in [0.25, 0.3) is 0 Å². The molecule has 21 heavy (non-hydrogen) atoms. The molecule has 4 nitrogen and oxygen atoms in total. The second-order valence-corrected chi connectivity index (χ2v) is 5.86. The first kappa shape index (κ1) is 15.8. The van der Waals surface area contributed by atoms with Crippen molar-refractivity contribution in [1.29, 1.82) is 0 Å². The molecule has 0 saturated heterocycles. The summed E-state index contributed by atoms with van der Waals surface area (Å²) in [6.45, 7) is 7.61. The summed E-state index contributed by atoms with van der Waals surface area (Å²) in [6, 6.07) is 6.05. The molecule has 114 valence electrons. The highest BCUT2D eigenvalue weighted by Gasteiger charge is 2.08. The van der Waals surface area contributed by atoms with Crippen LogP contribution in [-0.2, 0) is 11.3 Å². The maximum Gasteiger partial charge on any atom is 0.248 e. The summed E-state index contributed by atoms with van der Waals surface area (Å²) in [6.07, 6.45) is 2.34. The Morgan fingerprint density at radius 1 is 1.29 bits per heavy atom. The highest BCUT2D eigenvalue weighted by atomic mass is 32.1. The molecule has 1 amide bonds. The largest absolute Gasteiger partial charge is 0.494 e. The van der Waals surface area contributed by atoms with E-state index in [0.29, 0.717) is 13.0 Å². The lowest BCUT2D eigenvalue weighted by molar-refractivity contribution is -0.118. The number of thiazole rings is 1. The van der Waals surface area contributed by atoms with Gasteiger partial charge in [0.15, 0.2) is 4.80 Å². The van der Waals surface area contributed by atoms with Gasteiger partial charge in [0.1, 0.15) is 5.75 Å². The standard InChI is InChI=1S/C16H22N2O2S/c1-4-7-15(19)17-16-18(10-5-2)13-9-8-12(20-6-3)11-14(13)21-16/h8-9,11H,4-7,10H2,1-3H3. The number of benzene rings is 1. The van der Waals surface area contributed by atoms with E-state index < -0.39 is 0 Å². The van der Waals surface area contributed by atoms with Crippen molar-refractivity contribution < 1.29 is 9.53 Å². The number of hydrogen-bond acceptors (Lipinski definition) is 3. The molecule has 0 bridgehead atoms. The first-order valence-corrected chi connectivity index (χ1v) is 8.35. The summed E-state index contributed by atoms with van der Waals surface area (Å²) in [4.78, 5) is 16.9. The number of carbonyl (C=O) groups excluding carboxylic acids is 1. The molecule has 0 saturated carbocycles. The first-order chi connectivity index (χ1) is 10.2. The normalized spacial score (nSPS) is 12.0. The van der Waals surface area contributed by atoms with Crippen molar-refractivity contribution >= 4 is 27.5 Å². The van der Waals surface area contributed by atoms with E-state index in [1.165, 1.54) is 0 Å². The van der Waals surface area contributed by atoms with Gasteiger partial charge in [-0.1, -0.05) is 25.2 Å². The SMILES string of the molecule is CCCC(=O)N=c1sc2cc(OCC)ccc2n1CCC. The molecule has 1 aromatic carbocycles. The summed E-state index contributed by atoms with van der Waals surface area (Å²) in [7, 11) is 0. The van der Waals surface area contributed by atoms with Gasteiger partial charge in [0, 0.05) is 13.0 Å². The van der Waals surface area contributed by atoms with E-state index >= 15 is 0 Å². The fourth-order valence-electron chi connectivity index (χ4n) is 2.21.